The molecule has 0 aliphatic carbocycles. The summed E-state index contributed by atoms with van der Waals surface area (Å²) in [6.45, 7) is 6.94. The van der Waals surface area contributed by atoms with E-state index < -0.39 is 6.10 Å². The van der Waals surface area contributed by atoms with E-state index in [1.807, 2.05) is 56.3 Å². The number of aryl methyl sites for hydroxylation is 2. The van der Waals surface area contributed by atoms with Gasteiger partial charge in [0.2, 0.25) is 5.91 Å². The van der Waals surface area contributed by atoms with Crippen LogP contribution in [0.3, 0.4) is 0 Å². The van der Waals surface area contributed by atoms with Crippen LogP contribution in [-0.2, 0) is 4.79 Å². The van der Waals surface area contributed by atoms with Crippen LogP contribution in [0.4, 0.5) is 5.69 Å². The third-order valence-corrected chi connectivity index (χ3v) is 6.51. The molecule has 2 bridgehead atoms. The SMILES string of the molecule is COc1ccccc1OCC(O)CN1CC2CC1CN2CC(=O)Nc1c(C)cccc1C. The maximum atomic E-state index is 12.6. The lowest BCUT2D eigenvalue weighted by Gasteiger charge is -2.34. The smallest absolute Gasteiger partial charge is 0.238 e. The zero-order valence-electron chi connectivity index (χ0n) is 19.1. The Morgan fingerprint density at radius 2 is 1.72 bits per heavy atom. The first-order valence-corrected chi connectivity index (χ1v) is 11.2. The highest BCUT2D eigenvalue weighted by Crippen LogP contribution is 2.31. The highest BCUT2D eigenvalue weighted by atomic mass is 16.5. The summed E-state index contributed by atoms with van der Waals surface area (Å²) in [5.74, 6) is 1.33. The summed E-state index contributed by atoms with van der Waals surface area (Å²) in [6, 6.07) is 14.2. The molecule has 3 atom stereocenters. The van der Waals surface area contributed by atoms with Crippen LogP contribution in [0.5, 0.6) is 11.5 Å². The second-order valence-corrected chi connectivity index (χ2v) is 8.86. The number of hydrogen-bond donors (Lipinski definition) is 2. The van der Waals surface area contributed by atoms with Crippen molar-refractivity contribution in [3.8, 4) is 11.5 Å². The van der Waals surface area contributed by atoms with E-state index in [0.29, 0.717) is 36.7 Å². The normalized spacial score (nSPS) is 21.5. The molecule has 0 radical (unpaired) electrons. The van der Waals surface area contributed by atoms with Gasteiger partial charge in [-0.05, 0) is 43.5 Å². The molecule has 2 aliphatic rings. The van der Waals surface area contributed by atoms with Gasteiger partial charge >= 0.3 is 0 Å². The molecule has 2 fully saturated rings. The molecule has 7 nitrogen and oxygen atoms in total. The van der Waals surface area contributed by atoms with Crippen molar-refractivity contribution in [3.63, 3.8) is 0 Å². The van der Waals surface area contributed by atoms with Crippen LogP contribution in [0, 0.1) is 13.8 Å². The third-order valence-electron chi connectivity index (χ3n) is 6.51. The Kier molecular flexibility index (Phi) is 6.98. The number of piperazine rings is 1. The van der Waals surface area contributed by atoms with Gasteiger partial charge in [0.15, 0.2) is 11.5 Å². The number of benzene rings is 2. The van der Waals surface area contributed by atoms with Crippen molar-refractivity contribution in [2.24, 2.45) is 0 Å². The van der Waals surface area contributed by atoms with Gasteiger partial charge < -0.3 is 19.9 Å². The minimum Gasteiger partial charge on any atom is -0.493 e. The number of aliphatic hydroxyl groups excluding tert-OH is 1. The molecule has 32 heavy (non-hydrogen) atoms. The zero-order chi connectivity index (χ0) is 22.7. The lowest BCUT2D eigenvalue weighted by atomic mass is 10.1. The number of likely N-dealkylation sites (tertiary alicyclic amines) is 2. The van der Waals surface area contributed by atoms with Gasteiger partial charge in [0, 0.05) is 37.4 Å². The number of aliphatic hydroxyl groups is 1. The molecule has 4 rings (SSSR count). The summed E-state index contributed by atoms with van der Waals surface area (Å²) in [4.78, 5) is 17.2. The number of anilines is 1. The van der Waals surface area contributed by atoms with Gasteiger partial charge in [-0.3, -0.25) is 14.6 Å². The van der Waals surface area contributed by atoms with Gasteiger partial charge in [0.25, 0.3) is 0 Å². The van der Waals surface area contributed by atoms with Gasteiger partial charge in [-0.1, -0.05) is 30.3 Å². The summed E-state index contributed by atoms with van der Waals surface area (Å²) in [5.41, 5.74) is 3.08. The summed E-state index contributed by atoms with van der Waals surface area (Å²) in [6.07, 6.45) is 0.455. The van der Waals surface area contributed by atoms with Crippen molar-refractivity contribution in [1.29, 1.82) is 0 Å². The van der Waals surface area contributed by atoms with Crippen LogP contribution in [0.15, 0.2) is 42.5 Å². The van der Waals surface area contributed by atoms with Crippen LogP contribution >= 0.6 is 0 Å². The average Bonchev–Trinajstić information content (AvgIpc) is 3.35. The Labute approximate surface area is 189 Å². The average molecular weight is 440 g/mol. The summed E-state index contributed by atoms with van der Waals surface area (Å²) < 4.78 is 11.1. The molecule has 2 aromatic carbocycles. The maximum absolute atomic E-state index is 12.6. The molecule has 3 unspecified atom stereocenters. The predicted octanol–water partition coefficient (Wildman–Crippen LogP) is 2.45. The first kappa shape index (κ1) is 22.6. The fraction of sp³-hybridized carbons (Fsp3) is 0.480. The molecule has 2 heterocycles. The number of nitrogens with zero attached hydrogens (tertiary/aromatic N) is 2. The number of hydrogen-bond acceptors (Lipinski definition) is 6. The standard InChI is InChI=1S/C25H33N3O4/c1-17-7-6-8-18(2)25(17)26-24(30)15-28-13-19-11-20(28)12-27(19)14-21(29)16-32-23-10-5-4-9-22(23)31-3/h4-10,19-21,29H,11-16H2,1-3H3,(H,26,30). The van der Waals surface area contributed by atoms with E-state index in [1.165, 1.54) is 0 Å². The number of amides is 1. The number of carbonyl (C=O) groups excluding carboxylic acids is 1. The Morgan fingerprint density at radius 1 is 1.06 bits per heavy atom. The third kappa shape index (κ3) is 5.06. The highest BCUT2D eigenvalue weighted by molar-refractivity contribution is 5.93. The molecule has 0 saturated carbocycles. The summed E-state index contributed by atoms with van der Waals surface area (Å²) >= 11 is 0. The quantitative estimate of drug-likeness (QED) is 0.625. The second kappa shape index (κ2) is 9.90. The van der Waals surface area contributed by atoms with Crippen molar-refractivity contribution in [2.45, 2.75) is 38.5 Å². The molecular weight excluding hydrogens is 406 g/mol. The number of methoxy groups -OCH3 is 1. The summed E-state index contributed by atoms with van der Waals surface area (Å²) in [5, 5.41) is 13.6. The van der Waals surface area contributed by atoms with Crippen LogP contribution < -0.4 is 14.8 Å². The first-order valence-electron chi connectivity index (χ1n) is 11.2. The van der Waals surface area contributed by atoms with E-state index in [2.05, 4.69) is 15.1 Å². The fourth-order valence-electron chi connectivity index (χ4n) is 4.87. The molecule has 172 valence electrons. The van der Waals surface area contributed by atoms with Gasteiger partial charge in [-0.2, -0.15) is 0 Å². The van der Waals surface area contributed by atoms with Crippen molar-refractivity contribution in [1.82, 2.24) is 9.80 Å². The van der Waals surface area contributed by atoms with Crippen molar-refractivity contribution < 1.29 is 19.4 Å². The Morgan fingerprint density at radius 3 is 2.38 bits per heavy atom. The van der Waals surface area contributed by atoms with E-state index in [0.717, 1.165) is 36.3 Å². The van der Waals surface area contributed by atoms with E-state index in [1.54, 1.807) is 7.11 Å². The molecule has 2 aliphatic heterocycles. The molecule has 1 amide bonds. The fourth-order valence-corrected chi connectivity index (χ4v) is 4.87. The Bertz CT molecular complexity index is 930. The molecule has 2 aromatic rings. The first-order chi connectivity index (χ1) is 15.4. The minimum atomic E-state index is -0.583. The number of fused-ring (bicyclic) bond motifs is 2. The van der Waals surface area contributed by atoms with Gasteiger partial charge in [0.05, 0.1) is 13.7 Å². The maximum Gasteiger partial charge on any atom is 0.238 e. The largest absolute Gasteiger partial charge is 0.493 e. The number of nitrogens with one attached hydrogen (secondary N) is 1. The van der Waals surface area contributed by atoms with Crippen LogP contribution in [0.1, 0.15) is 17.5 Å². The molecule has 0 aromatic heterocycles. The molecule has 2 N–H and O–H groups in total. The number of β-amino-alcohol motifs (C(OH)–C–C–N with tert-alkyl or cyclic N) is 1. The number of ether oxygens (including phenoxy) is 2. The van der Waals surface area contributed by atoms with E-state index in [9.17, 15) is 9.90 Å². The Balaban J connectivity index is 1.23. The van der Waals surface area contributed by atoms with Gasteiger partial charge in [-0.15, -0.1) is 0 Å². The molecule has 7 heteroatoms. The topological polar surface area (TPSA) is 74.3 Å². The van der Waals surface area contributed by atoms with Crippen molar-refractivity contribution >= 4 is 11.6 Å². The monoisotopic (exact) mass is 439 g/mol. The lowest BCUT2D eigenvalue weighted by molar-refractivity contribution is -0.118. The van der Waals surface area contributed by atoms with Crippen LogP contribution in [0.2, 0.25) is 0 Å². The minimum absolute atomic E-state index is 0.0340. The van der Waals surface area contributed by atoms with E-state index in [4.69, 9.17) is 9.47 Å². The van der Waals surface area contributed by atoms with E-state index in [-0.39, 0.29) is 12.5 Å². The molecule has 0 spiro atoms. The summed E-state index contributed by atoms with van der Waals surface area (Å²) in [7, 11) is 1.60. The van der Waals surface area contributed by atoms with Gasteiger partial charge in [-0.25, -0.2) is 0 Å². The van der Waals surface area contributed by atoms with Crippen molar-refractivity contribution in [3.05, 3.63) is 53.6 Å². The van der Waals surface area contributed by atoms with Crippen molar-refractivity contribution in [2.75, 3.05) is 45.2 Å². The van der Waals surface area contributed by atoms with Gasteiger partial charge in [0.1, 0.15) is 12.7 Å². The Hall–Kier alpha value is -2.61. The van der Waals surface area contributed by atoms with Crippen LogP contribution in [0.25, 0.3) is 0 Å². The zero-order valence-corrected chi connectivity index (χ0v) is 19.1. The number of rotatable bonds is 9. The lowest BCUT2D eigenvalue weighted by Crippen LogP contribution is -2.50. The van der Waals surface area contributed by atoms with E-state index >= 15 is 0 Å². The molecule has 2 saturated heterocycles. The molecular formula is C25H33N3O4. The van der Waals surface area contributed by atoms with Crippen LogP contribution in [-0.4, -0.2) is 78.9 Å². The highest BCUT2D eigenvalue weighted by Gasteiger charge is 2.44. The second-order valence-electron chi connectivity index (χ2n) is 8.86. The number of para-hydroxylation sites is 3. The number of carbonyl (C=O) groups is 1. The predicted molar refractivity (Wildman–Crippen MR) is 124 cm³/mol.